The highest BCUT2D eigenvalue weighted by Crippen LogP contribution is 2.17. The van der Waals surface area contributed by atoms with E-state index in [0.29, 0.717) is 19.4 Å². The molecule has 396 valence electrons. The fourth-order valence-corrected chi connectivity index (χ4v) is 9.34. The van der Waals surface area contributed by atoms with E-state index in [1.807, 2.05) is 6.08 Å². The molecule has 0 spiro atoms. The average Bonchev–Trinajstić information content (AvgIpc) is 3.33. The number of aliphatic hydroxyl groups excluding tert-OH is 2. The van der Waals surface area contributed by atoms with E-state index in [1.54, 1.807) is 6.08 Å². The molecule has 0 saturated carbocycles. The molecule has 0 rings (SSSR count). The molecule has 6 heteroatoms. The number of hydrogen-bond acceptors (Lipinski definition) is 5. The van der Waals surface area contributed by atoms with Crippen molar-refractivity contribution in [3.63, 3.8) is 0 Å². The zero-order valence-electron chi connectivity index (χ0n) is 45.1. The quantitative estimate of drug-likeness (QED) is 0.0321. The first-order valence-corrected chi connectivity index (χ1v) is 30.1. The maximum Gasteiger partial charge on any atom is 0.305 e. The number of carbonyl (C=O) groups is 2. The number of ether oxygens (including phenoxy) is 1. The minimum Gasteiger partial charge on any atom is -0.466 e. The van der Waals surface area contributed by atoms with Gasteiger partial charge < -0.3 is 20.3 Å². The van der Waals surface area contributed by atoms with Crippen LogP contribution in [0.5, 0.6) is 0 Å². The van der Waals surface area contributed by atoms with Crippen LogP contribution in [0.15, 0.2) is 24.3 Å². The number of allylic oxidation sites excluding steroid dienone is 3. The van der Waals surface area contributed by atoms with E-state index < -0.39 is 12.1 Å². The molecule has 2 unspecified atom stereocenters. The summed E-state index contributed by atoms with van der Waals surface area (Å²) in [5, 5.41) is 23.2. The summed E-state index contributed by atoms with van der Waals surface area (Å²) >= 11 is 0. The van der Waals surface area contributed by atoms with Crippen molar-refractivity contribution in [2.75, 3.05) is 13.2 Å². The van der Waals surface area contributed by atoms with E-state index in [1.165, 1.54) is 225 Å². The van der Waals surface area contributed by atoms with Crippen molar-refractivity contribution in [1.82, 2.24) is 5.32 Å². The van der Waals surface area contributed by atoms with Gasteiger partial charge in [0.05, 0.1) is 25.4 Å². The van der Waals surface area contributed by atoms with Gasteiger partial charge in [-0.05, 0) is 64.2 Å². The first-order chi connectivity index (χ1) is 33.0. The Morgan fingerprint density at radius 1 is 0.403 bits per heavy atom. The van der Waals surface area contributed by atoms with Crippen LogP contribution in [0.3, 0.4) is 0 Å². The van der Waals surface area contributed by atoms with Crippen molar-refractivity contribution in [2.45, 2.75) is 341 Å². The van der Waals surface area contributed by atoms with Crippen molar-refractivity contribution in [2.24, 2.45) is 0 Å². The summed E-state index contributed by atoms with van der Waals surface area (Å²) in [4.78, 5) is 24.5. The van der Waals surface area contributed by atoms with Crippen LogP contribution in [0.25, 0.3) is 0 Å². The first-order valence-electron chi connectivity index (χ1n) is 30.1. The fraction of sp³-hybridized carbons (Fsp3) is 0.902. The molecular weight excluding hydrogens is 827 g/mol. The van der Waals surface area contributed by atoms with Crippen LogP contribution < -0.4 is 5.32 Å². The second-order valence-electron chi connectivity index (χ2n) is 20.7. The molecule has 0 radical (unpaired) electrons. The molecule has 67 heavy (non-hydrogen) atoms. The molecule has 0 saturated heterocycles. The van der Waals surface area contributed by atoms with Gasteiger partial charge in [0.25, 0.3) is 0 Å². The zero-order chi connectivity index (χ0) is 48.6. The maximum absolute atomic E-state index is 12.5. The lowest BCUT2D eigenvalue weighted by atomic mass is 10.0. The lowest BCUT2D eigenvalue weighted by Gasteiger charge is -2.20. The molecule has 6 nitrogen and oxygen atoms in total. The summed E-state index contributed by atoms with van der Waals surface area (Å²) in [5.41, 5.74) is 0. The molecule has 1 amide bonds. The van der Waals surface area contributed by atoms with Crippen LogP contribution >= 0.6 is 0 Å². The molecule has 0 heterocycles. The third-order valence-electron chi connectivity index (χ3n) is 14.0. The summed E-state index contributed by atoms with van der Waals surface area (Å²) in [7, 11) is 0. The van der Waals surface area contributed by atoms with Crippen LogP contribution in [-0.2, 0) is 14.3 Å². The molecule has 3 N–H and O–H groups in total. The first kappa shape index (κ1) is 65.3. The molecule has 0 aromatic heterocycles. The van der Waals surface area contributed by atoms with Gasteiger partial charge in [0.1, 0.15) is 0 Å². The summed E-state index contributed by atoms with van der Waals surface area (Å²) in [5.74, 6) is -0.111. The lowest BCUT2D eigenvalue weighted by Crippen LogP contribution is -2.45. The van der Waals surface area contributed by atoms with E-state index in [-0.39, 0.29) is 18.5 Å². The highest BCUT2D eigenvalue weighted by atomic mass is 16.5. The van der Waals surface area contributed by atoms with Gasteiger partial charge in [0, 0.05) is 12.8 Å². The summed E-state index contributed by atoms with van der Waals surface area (Å²) in [6.07, 6.45) is 69.2. The van der Waals surface area contributed by atoms with Gasteiger partial charge in [0.2, 0.25) is 5.91 Å². The van der Waals surface area contributed by atoms with E-state index in [9.17, 15) is 19.8 Å². The van der Waals surface area contributed by atoms with E-state index in [4.69, 9.17) is 4.74 Å². The standard InChI is InChI=1S/C61H117NO5/c1-3-5-7-9-11-13-15-17-19-21-22-23-24-25-26-27-29-33-37-41-45-49-53-59(64)58(57-63)62-60(65)54-50-46-42-38-34-31-32-36-40-44-48-52-56-67-61(66)55-51-47-43-39-35-30-28-20-18-16-14-12-10-8-6-4-2/h32,36,49,53,58-59,63-64H,3-31,33-35,37-48,50-52,54-57H2,1-2H3,(H,62,65)/b36-32-,53-49+. The largest absolute Gasteiger partial charge is 0.466 e. The summed E-state index contributed by atoms with van der Waals surface area (Å²) in [6.45, 7) is 4.87. The maximum atomic E-state index is 12.5. The zero-order valence-corrected chi connectivity index (χ0v) is 45.1. The van der Waals surface area contributed by atoms with Gasteiger partial charge >= 0.3 is 5.97 Å². The monoisotopic (exact) mass is 944 g/mol. The second kappa shape index (κ2) is 56.9. The molecule has 0 aliphatic heterocycles. The predicted octanol–water partition coefficient (Wildman–Crippen LogP) is 18.6. The Labute approximate surface area is 418 Å². The number of esters is 1. The lowest BCUT2D eigenvalue weighted by molar-refractivity contribution is -0.143. The fourth-order valence-electron chi connectivity index (χ4n) is 9.34. The van der Waals surface area contributed by atoms with Crippen molar-refractivity contribution >= 4 is 11.9 Å². The van der Waals surface area contributed by atoms with Gasteiger partial charge in [-0.25, -0.2) is 0 Å². The van der Waals surface area contributed by atoms with Gasteiger partial charge in [-0.15, -0.1) is 0 Å². The minimum atomic E-state index is -0.861. The van der Waals surface area contributed by atoms with Gasteiger partial charge in [0.15, 0.2) is 0 Å². The third-order valence-corrected chi connectivity index (χ3v) is 14.0. The third kappa shape index (κ3) is 53.5. The number of unbranched alkanes of at least 4 members (excludes halogenated alkanes) is 43. The normalized spacial score (nSPS) is 12.7. The summed E-state index contributed by atoms with van der Waals surface area (Å²) < 4.78 is 5.46. The Bertz CT molecular complexity index is 1040. The Balaban J connectivity index is 3.51. The highest BCUT2D eigenvalue weighted by Gasteiger charge is 2.18. The Morgan fingerprint density at radius 2 is 0.701 bits per heavy atom. The van der Waals surface area contributed by atoms with Crippen molar-refractivity contribution in [1.29, 1.82) is 0 Å². The van der Waals surface area contributed by atoms with Gasteiger partial charge in [-0.2, -0.15) is 0 Å². The van der Waals surface area contributed by atoms with Crippen LogP contribution in [0.2, 0.25) is 0 Å². The number of carbonyl (C=O) groups excluding carboxylic acids is 2. The Hall–Kier alpha value is -1.66. The number of nitrogens with one attached hydrogen (secondary N) is 1. The van der Waals surface area contributed by atoms with Crippen LogP contribution in [0.1, 0.15) is 328 Å². The van der Waals surface area contributed by atoms with Gasteiger partial charge in [-0.3, -0.25) is 9.59 Å². The summed E-state index contributed by atoms with van der Waals surface area (Å²) in [6, 6.07) is -0.647. The van der Waals surface area contributed by atoms with Crippen LogP contribution in [-0.4, -0.2) is 47.4 Å². The highest BCUT2D eigenvalue weighted by molar-refractivity contribution is 5.76. The Kier molecular flexibility index (Phi) is 55.5. The van der Waals surface area contributed by atoms with Gasteiger partial charge in [-0.1, -0.05) is 276 Å². The average molecular weight is 945 g/mol. The molecule has 0 fully saturated rings. The van der Waals surface area contributed by atoms with Crippen LogP contribution in [0.4, 0.5) is 0 Å². The molecule has 2 atom stereocenters. The molecule has 0 aromatic carbocycles. The number of hydrogen-bond donors (Lipinski definition) is 3. The molecule has 0 aliphatic carbocycles. The SMILES string of the molecule is CCCCCCCCCCCCCCCCCCCCCC/C=C/C(O)C(CO)NC(=O)CCCCCCC/C=C\CCCCCOC(=O)CCCCCCCCCCCCCCCCCC. The number of rotatable bonds is 56. The molecular formula is C61H117NO5. The van der Waals surface area contributed by atoms with Crippen LogP contribution in [0, 0.1) is 0 Å². The molecule has 0 aromatic rings. The van der Waals surface area contributed by atoms with E-state index in [0.717, 1.165) is 77.0 Å². The minimum absolute atomic E-state index is 0.0203. The number of aliphatic hydroxyl groups is 2. The van der Waals surface area contributed by atoms with Crippen molar-refractivity contribution < 1.29 is 24.5 Å². The topological polar surface area (TPSA) is 95.9 Å². The second-order valence-corrected chi connectivity index (χ2v) is 20.7. The Morgan fingerprint density at radius 3 is 1.06 bits per heavy atom. The van der Waals surface area contributed by atoms with E-state index in [2.05, 4.69) is 31.3 Å². The molecule has 0 bridgehead atoms. The number of amides is 1. The molecule has 0 aliphatic rings. The predicted molar refractivity (Wildman–Crippen MR) is 292 cm³/mol. The van der Waals surface area contributed by atoms with Crippen molar-refractivity contribution in [3.8, 4) is 0 Å². The van der Waals surface area contributed by atoms with Crippen molar-refractivity contribution in [3.05, 3.63) is 24.3 Å². The van der Waals surface area contributed by atoms with E-state index >= 15 is 0 Å². The smallest absolute Gasteiger partial charge is 0.305 e.